The Kier molecular flexibility index (Phi) is 3.50. The molecule has 1 aromatic rings. The number of hydrogen-bond donors (Lipinski definition) is 2. The van der Waals surface area contributed by atoms with E-state index in [1.54, 1.807) is 13.0 Å². The summed E-state index contributed by atoms with van der Waals surface area (Å²) in [5.41, 5.74) is 5.70. The van der Waals surface area contributed by atoms with E-state index in [9.17, 15) is 4.79 Å². The van der Waals surface area contributed by atoms with Crippen molar-refractivity contribution in [1.82, 2.24) is 15.3 Å². The van der Waals surface area contributed by atoms with Crippen molar-refractivity contribution in [2.75, 3.05) is 30.8 Å². The fraction of sp³-hybridized carbons (Fsp3) is 0.545. The van der Waals surface area contributed by atoms with E-state index in [4.69, 9.17) is 5.73 Å². The van der Waals surface area contributed by atoms with Crippen LogP contribution in [0.5, 0.6) is 0 Å². The van der Waals surface area contributed by atoms with Crippen LogP contribution in [0.1, 0.15) is 12.2 Å². The first-order chi connectivity index (χ1) is 8.58. The van der Waals surface area contributed by atoms with E-state index >= 15 is 0 Å². The molecular weight excluding hydrogens is 234 g/mol. The molecule has 1 aliphatic rings. The molecule has 1 aliphatic heterocycles. The van der Waals surface area contributed by atoms with Gasteiger partial charge in [0.2, 0.25) is 0 Å². The number of aryl methyl sites for hydroxylation is 1. The first-order valence-electron chi connectivity index (χ1n) is 5.79. The summed E-state index contributed by atoms with van der Waals surface area (Å²) in [5.74, 6) is 1.91. The maximum atomic E-state index is 11.1. The maximum absolute atomic E-state index is 11.1. The van der Waals surface area contributed by atoms with Gasteiger partial charge in [-0.1, -0.05) is 0 Å². The van der Waals surface area contributed by atoms with Gasteiger partial charge in [-0.25, -0.2) is 14.8 Å². The first kappa shape index (κ1) is 12.4. The van der Waals surface area contributed by atoms with E-state index in [1.807, 2.05) is 0 Å². The molecule has 7 nitrogen and oxygen atoms in total. The van der Waals surface area contributed by atoms with Crippen molar-refractivity contribution in [2.24, 2.45) is 0 Å². The maximum Gasteiger partial charge on any atom is 0.407 e. The van der Waals surface area contributed by atoms with Gasteiger partial charge in [0.25, 0.3) is 0 Å². The normalized spacial score (nSPS) is 18.8. The predicted octanol–water partition coefficient (Wildman–Crippen LogP) is 0.302. The molecule has 0 saturated carbocycles. The topological polar surface area (TPSA) is 93.4 Å². The molecule has 1 amide bonds. The largest absolute Gasteiger partial charge is 0.453 e. The van der Waals surface area contributed by atoms with E-state index in [-0.39, 0.29) is 6.04 Å². The third-order valence-corrected chi connectivity index (χ3v) is 2.86. The van der Waals surface area contributed by atoms with Crippen molar-refractivity contribution in [3.63, 3.8) is 0 Å². The van der Waals surface area contributed by atoms with E-state index in [0.29, 0.717) is 18.2 Å². The molecular formula is C11H17N5O2. The minimum absolute atomic E-state index is 0.0777. The number of carbonyl (C=O) groups is 1. The van der Waals surface area contributed by atoms with E-state index < -0.39 is 6.09 Å². The number of nitrogens with one attached hydrogen (secondary N) is 1. The SMILES string of the molecule is COC(=O)NC1CCN(c2cc(N)nc(C)n2)C1. The Labute approximate surface area is 105 Å². The van der Waals surface area contributed by atoms with Crippen molar-refractivity contribution < 1.29 is 9.53 Å². The summed E-state index contributed by atoms with van der Waals surface area (Å²) < 4.78 is 4.58. The predicted molar refractivity (Wildman–Crippen MR) is 67.3 cm³/mol. The van der Waals surface area contributed by atoms with Crippen LogP contribution >= 0.6 is 0 Å². The number of hydrogen-bond acceptors (Lipinski definition) is 6. The number of ether oxygens (including phenoxy) is 1. The van der Waals surface area contributed by atoms with Crippen molar-refractivity contribution in [3.8, 4) is 0 Å². The molecule has 1 fully saturated rings. The minimum Gasteiger partial charge on any atom is -0.453 e. The number of alkyl carbamates (subject to hydrolysis) is 1. The van der Waals surface area contributed by atoms with Gasteiger partial charge in [-0.3, -0.25) is 0 Å². The Hall–Kier alpha value is -2.05. The first-order valence-corrected chi connectivity index (χ1v) is 5.79. The summed E-state index contributed by atoms with van der Waals surface area (Å²) in [4.78, 5) is 21.6. The Morgan fingerprint density at radius 2 is 2.39 bits per heavy atom. The standard InChI is InChI=1S/C11H17N5O2/c1-7-13-9(12)5-10(14-7)16-4-3-8(6-16)15-11(17)18-2/h5,8H,3-4,6H2,1-2H3,(H,15,17)(H2,12,13,14). The van der Waals surface area contributed by atoms with Gasteiger partial charge in [0.15, 0.2) is 0 Å². The molecule has 0 aromatic carbocycles. The number of nitrogens with zero attached hydrogens (tertiary/aromatic N) is 3. The van der Waals surface area contributed by atoms with Crippen LogP contribution in [0, 0.1) is 6.92 Å². The van der Waals surface area contributed by atoms with Gasteiger partial charge in [0, 0.05) is 19.2 Å². The van der Waals surface area contributed by atoms with E-state index in [0.717, 1.165) is 18.8 Å². The van der Waals surface area contributed by atoms with Gasteiger partial charge in [0.05, 0.1) is 13.2 Å². The fourth-order valence-electron chi connectivity index (χ4n) is 2.05. The lowest BCUT2D eigenvalue weighted by molar-refractivity contribution is 0.167. The number of carbonyl (C=O) groups excluding carboxylic acids is 1. The molecule has 1 saturated heterocycles. The Morgan fingerprint density at radius 1 is 1.61 bits per heavy atom. The molecule has 18 heavy (non-hydrogen) atoms. The minimum atomic E-state index is -0.403. The zero-order valence-corrected chi connectivity index (χ0v) is 10.5. The van der Waals surface area contributed by atoms with Crippen LogP contribution in [-0.4, -0.2) is 42.3 Å². The van der Waals surface area contributed by atoms with Crippen LogP contribution in [-0.2, 0) is 4.74 Å². The van der Waals surface area contributed by atoms with Crippen LogP contribution in [0.4, 0.5) is 16.4 Å². The van der Waals surface area contributed by atoms with Crippen LogP contribution in [0.15, 0.2) is 6.07 Å². The van der Waals surface area contributed by atoms with Crippen molar-refractivity contribution in [3.05, 3.63) is 11.9 Å². The molecule has 0 aliphatic carbocycles. The summed E-state index contributed by atoms with van der Waals surface area (Å²) >= 11 is 0. The van der Waals surface area contributed by atoms with Crippen LogP contribution in [0.25, 0.3) is 0 Å². The molecule has 7 heteroatoms. The van der Waals surface area contributed by atoms with Crippen molar-refractivity contribution in [1.29, 1.82) is 0 Å². The summed E-state index contributed by atoms with van der Waals surface area (Å²) in [7, 11) is 1.36. The van der Waals surface area contributed by atoms with Crippen LogP contribution in [0.3, 0.4) is 0 Å². The van der Waals surface area contributed by atoms with Gasteiger partial charge >= 0.3 is 6.09 Å². The third kappa shape index (κ3) is 2.79. The highest BCUT2D eigenvalue weighted by atomic mass is 16.5. The van der Waals surface area contributed by atoms with Gasteiger partial charge < -0.3 is 20.7 Å². The van der Waals surface area contributed by atoms with Crippen molar-refractivity contribution in [2.45, 2.75) is 19.4 Å². The molecule has 1 atom stereocenters. The van der Waals surface area contributed by atoms with Gasteiger partial charge in [0.1, 0.15) is 17.5 Å². The lowest BCUT2D eigenvalue weighted by Gasteiger charge is -2.18. The van der Waals surface area contributed by atoms with Gasteiger partial charge in [-0.2, -0.15) is 0 Å². The number of nitrogens with two attached hydrogens (primary N) is 1. The van der Waals surface area contributed by atoms with Gasteiger partial charge in [-0.15, -0.1) is 0 Å². The van der Waals surface area contributed by atoms with Gasteiger partial charge in [-0.05, 0) is 13.3 Å². The number of methoxy groups -OCH3 is 1. The summed E-state index contributed by atoms with van der Waals surface area (Å²) in [6, 6.07) is 1.82. The molecule has 3 N–H and O–H groups in total. The second kappa shape index (κ2) is 5.07. The Balaban J connectivity index is 2.01. The molecule has 2 rings (SSSR count). The van der Waals surface area contributed by atoms with Crippen LogP contribution < -0.4 is 16.0 Å². The number of rotatable bonds is 2. The monoisotopic (exact) mass is 251 g/mol. The molecule has 1 aromatic heterocycles. The Morgan fingerprint density at radius 3 is 3.06 bits per heavy atom. The zero-order chi connectivity index (χ0) is 13.1. The lowest BCUT2D eigenvalue weighted by Crippen LogP contribution is -2.37. The number of nitrogen functional groups attached to an aromatic ring is 1. The van der Waals surface area contributed by atoms with Crippen molar-refractivity contribution >= 4 is 17.7 Å². The average Bonchev–Trinajstić information content (AvgIpc) is 2.76. The molecule has 1 unspecified atom stereocenters. The zero-order valence-electron chi connectivity index (χ0n) is 10.5. The Bertz CT molecular complexity index is 431. The summed E-state index contributed by atoms with van der Waals surface area (Å²) in [6.45, 7) is 3.33. The smallest absolute Gasteiger partial charge is 0.407 e. The lowest BCUT2D eigenvalue weighted by atomic mass is 10.3. The molecule has 98 valence electrons. The van der Waals surface area contributed by atoms with Crippen LogP contribution in [0.2, 0.25) is 0 Å². The molecule has 2 heterocycles. The van der Waals surface area contributed by atoms with E-state index in [2.05, 4.69) is 24.9 Å². The summed E-state index contributed by atoms with van der Waals surface area (Å²) in [5, 5.41) is 2.78. The quantitative estimate of drug-likeness (QED) is 0.785. The highest BCUT2D eigenvalue weighted by molar-refractivity contribution is 5.67. The molecule has 0 spiro atoms. The third-order valence-electron chi connectivity index (χ3n) is 2.86. The highest BCUT2D eigenvalue weighted by Gasteiger charge is 2.25. The number of anilines is 2. The van der Waals surface area contributed by atoms with E-state index in [1.165, 1.54) is 7.11 Å². The number of amides is 1. The second-order valence-corrected chi connectivity index (χ2v) is 4.27. The summed E-state index contributed by atoms with van der Waals surface area (Å²) in [6.07, 6.45) is 0.457. The molecule has 0 bridgehead atoms. The highest BCUT2D eigenvalue weighted by Crippen LogP contribution is 2.19. The number of aromatic nitrogens is 2. The fourth-order valence-corrected chi connectivity index (χ4v) is 2.05. The average molecular weight is 251 g/mol. The second-order valence-electron chi connectivity index (χ2n) is 4.27. The molecule has 0 radical (unpaired) electrons.